The van der Waals surface area contributed by atoms with Gasteiger partial charge in [0.1, 0.15) is 23.8 Å². The van der Waals surface area contributed by atoms with Gasteiger partial charge in [0.2, 0.25) is 5.95 Å². The number of fused-ring (bicyclic) bond motifs is 1. The van der Waals surface area contributed by atoms with E-state index in [1.807, 2.05) is 42.5 Å². The molecule has 6 N–H and O–H groups in total. The van der Waals surface area contributed by atoms with Gasteiger partial charge in [-0.3, -0.25) is 9.55 Å². The summed E-state index contributed by atoms with van der Waals surface area (Å²) < 4.78 is 7.00. The lowest BCUT2D eigenvalue weighted by atomic mass is 10.1. The van der Waals surface area contributed by atoms with Gasteiger partial charge in [0.15, 0.2) is 17.7 Å². The van der Waals surface area contributed by atoms with Crippen molar-refractivity contribution in [1.29, 1.82) is 0 Å². The van der Waals surface area contributed by atoms with Gasteiger partial charge in [-0.15, -0.1) is 0 Å². The number of hydrogen-bond donors (Lipinski definition) is 5. The summed E-state index contributed by atoms with van der Waals surface area (Å²) in [7, 11) is 0. The Kier molecular flexibility index (Phi) is 5.86. The SMILES string of the molecule is Nc1nc(N/N=C/c2ccc(-c3ccccn3)cc2)nc2c1ncn2[C@@H]1O[C@H](CO)[C@H](O)C1O. The van der Waals surface area contributed by atoms with Gasteiger partial charge in [0.05, 0.1) is 24.8 Å². The molecule has 1 unspecified atom stereocenters. The van der Waals surface area contributed by atoms with Crippen molar-refractivity contribution in [1.82, 2.24) is 24.5 Å². The molecule has 12 nitrogen and oxygen atoms in total. The van der Waals surface area contributed by atoms with Crippen LogP contribution in [0.2, 0.25) is 0 Å². The number of anilines is 2. The van der Waals surface area contributed by atoms with E-state index < -0.39 is 31.1 Å². The Morgan fingerprint density at radius 2 is 1.91 bits per heavy atom. The van der Waals surface area contributed by atoms with Gasteiger partial charge in [0.25, 0.3) is 0 Å². The van der Waals surface area contributed by atoms with E-state index in [9.17, 15) is 15.3 Å². The van der Waals surface area contributed by atoms with Crippen LogP contribution in [0.15, 0.2) is 60.1 Å². The first kappa shape index (κ1) is 21.9. The van der Waals surface area contributed by atoms with Crippen LogP contribution in [0.25, 0.3) is 22.4 Å². The lowest BCUT2D eigenvalue weighted by Crippen LogP contribution is -2.33. The summed E-state index contributed by atoms with van der Waals surface area (Å²) >= 11 is 0. The minimum absolute atomic E-state index is 0.105. The maximum atomic E-state index is 10.3. The lowest BCUT2D eigenvalue weighted by molar-refractivity contribution is -0.0511. The van der Waals surface area contributed by atoms with Gasteiger partial charge in [-0.05, 0) is 17.7 Å². The Balaban J connectivity index is 1.34. The highest BCUT2D eigenvalue weighted by Gasteiger charge is 2.44. The number of ether oxygens (including phenoxy) is 1. The Labute approximate surface area is 193 Å². The van der Waals surface area contributed by atoms with Crippen molar-refractivity contribution in [2.24, 2.45) is 5.10 Å². The van der Waals surface area contributed by atoms with Crippen LogP contribution in [0.4, 0.5) is 11.8 Å². The quantitative estimate of drug-likeness (QED) is 0.201. The van der Waals surface area contributed by atoms with Gasteiger partial charge >= 0.3 is 0 Å². The predicted octanol–water partition coefficient (Wildman–Crippen LogP) is 0.528. The number of hydrazone groups is 1. The number of hydrogen-bond acceptors (Lipinski definition) is 11. The van der Waals surface area contributed by atoms with Crippen LogP contribution in [0.1, 0.15) is 11.8 Å². The molecule has 1 saturated heterocycles. The maximum absolute atomic E-state index is 10.3. The monoisotopic (exact) mass is 462 g/mol. The molecule has 4 atom stereocenters. The number of nitrogen functional groups attached to an aromatic ring is 1. The van der Waals surface area contributed by atoms with Crippen LogP contribution in [-0.4, -0.2) is 71.0 Å². The van der Waals surface area contributed by atoms with Gasteiger partial charge in [-0.2, -0.15) is 15.1 Å². The highest BCUT2D eigenvalue weighted by molar-refractivity contribution is 5.84. The molecule has 0 spiro atoms. The smallest absolute Gasteiger partial charge is 0.247 e. The summed E-state index contributed by atoms with van der Waals surface area (Å²) in [4.78, 5) is 17.0. The van der Waals surface area contributed by atoms with Crippen molar-refractivity contribution < 1.29 is 20.1 Å². The van der Waals surface area contributed by atoms with Crippen molar-refractivity contribution in [3.8, 4) is 11.3 Å². The average Bonchev–Trinajstić information content (AvgIpc) is 3.41. The Bertz CT molecular complexity index is 1310. The molecular formula is C22H22N8O4. The maximum Gasteiger partial charge on any atom is 0.247 e. The standard InChI is InChI=1S/C22H22N8O4/c23-19-16-20(30(11-25-16)21-18(33)17(32)15(10-31)34-21)28-22(27-19)29-26-9-12-4-6-13(7-5-12)14-3-1-2-8-24-14/h1-9,11,15,17-18,21,31-33H,10H2,(H3,23,27,28,29)/b26-9+/t15-,17+,18?,21-/m1/s1. The third kappa shape index (κ3) is 4.06. The summed E-state index contributed by atoms with van der Waals surface area (Å²) in [6.07, 6.45) is 0.271. The first-order valence-electron chi connectivity index (χ1n) is 10.5. The molecule has 4 aromatic rings. The zero-order valence-corrected chi connectivity index (χ0v) is 17.8. The molecule has 12 heteroatoms. The first-order chi connectivity index (χ1) is 16.5. The summed E-state index contributed by atoms with van der Waals surface area (Å²) in [6, 6.07) is 13.5. The van der Waals surface area contributed by atoms with E-state index in [1.165, 1.54) is 10.9 Å². The molecule has 1 fully saturated rings. The summed E-state index contributed by atoms with van der Waals surface area (Å²) in [6.45, 7) is -0.442. The Morgan fingerprint density at radius 1 is 1.09 bits per heavy atom. The molecule has 0 radical (unpaired) electrons. The van der Waals surface area contributed by atoms with Crippen molar-refractivity contribution in [2.45, 2.75) is 24.5 Å². The summed E-state index contributed by atoms with van der Waals surface area (Å²) in [5.41, 5.74) is 12.1. The average molecular weight is 462 g/mol. The van der Waals surface area contributed by atoms with Gasteiger partial charge in [-0.1, -0.05) is 30.3 Å². The molecule has 0 bridgehead atoms. The normalized spacial score (nSPS) is 22.6. The molecule has 0 amide bonds. The molecule has 1 aromatic carbocycles. The predicted molar refractivity (Wildman–Crippen MR) is 124 cm³/mol. The Morgan fingerprint density at radius 3 is 2.62 bits per heavy atom. The molecule has 3 aromatic heterocycles. The third-order valence-corrected chi connectivity index (χ3v) is 5.49. The van der Waals surface area contributed by atoms with E-state index in [4.69, 9.17) is 10.5 Å². The molecule has 1 aliphatic rings. The minimum atomic E-state index is -1.28. The molecule has 4 heterocycles. The van der Waals surface area contributed by atoms with E-state index in [1.54, 1.807) is 12.4 Å². The van der Waals surface area contributed by atoms with Crippen molar-refractivity contribution in [2.75, 3.05) is 17.8 Å². The molecule has 174 valence electrons. The second-order valence-corrected chi connectivity index (χ2v) is 7.69. The van der Waals surface area contributed by atoms with E-state index in [0.29, 0.717) is 5.52 Å². The van der Waals surface area contributed by atoms with Crippen LogP contribution in [0.3, 0.4) is 0 Å². The summed E-state index contributed by atoms with van der Waals surface area (Å²) in [5.74, 6) is 0.216. The van der Waals surface area contributed by atoms with Gasteiger partial charge in [0, 0.05) is 11.8 Å². The number of nitrogens with two attached hydrogens (primary N) is 1. The lowest BCUT2D eigenvalue weighted by Gasteiger charge is -2.16. The van der Waals surface area contributed by atoms with E-state index in [2.05, 4.69) is 30.5 Å². The van der Waals surface area contributed by atoms with Crippen LogP contribution in [0, 0.1) is 0 Å². The van der Waals surface area contributed by atoms with Crippen molar-refractivity contribution in [3.05, 3.63) is 60.6 Å². The molecule has 1 aliphatic heterocycles. The van der Waals surface area contributed by atoms with Gasteiger partial charge < -0.3 is 25.8 Å². The van der Waals surface area contributed by atoms with Crippen LogP contribution in [0.5, 0.6) is 0 Å². The number of imidazole rings is 1. The highest BCUT2D eigenvalue weighted by Crippen LogP contribution is 2.32. The first-order valence-corrected chi connectivity index (χ1v) is 10.5. The fourth-order valence-corrected chi connectivity index (χ4v) is 3.72. The second-order valence-electron chi connectivity index (χ2n) is 7.69. The molecule has 34 heavy (non-hydrogen) atoms. The number of nitrogens with one attached hydrogen (secondary N) is 1. The highest BCUT2D eigenvalue weighted by atomic mass is 16.6. The fourth-order valence-electron chi connectivity index (χ4n) is 3.72. The number of benzene rings is 1. The number of aliphatic hydroxyl groups is 3. The number of aliphatic hydroxyl groups excluding tert-OH is 3. The summed E-state index contributed by atoms with van der Waals surface area (Å²) in [5, 5.41) is 33.9. The number of nitrogens with zero attached hydrogens (tertiary/aromatic N) is 6. The molecule has 0 aliphatic carbocycles. The van der Waals surface area contributed by atoms with Crippen LogP contribution < -0.4 is 11.2 Å². The third-order valence-electron chi connectivity index (χ3n) is 5.49. The van der Waals surface area contributed by atoms with Crippen LogP contribution >= 0.6 is 0 Å². The Hall–Kier alpha value is -3.97. The zero-order chi connectivity index (χ0) is 23.7. The number of rotatable bonds is 6. The molecular weight excluding hydrogens is 440 g/mol. The topological polar surface area (TPSA) is 177 Å². The largest absolute Gasteiger partial charge is 0.394 e. The van der Waals surface area contributed by atoms with E-state index >= 15 is 0 Å². The van der Waals surface area contributed by atoms with Crippen molar-refractivity contribution >= 4 is 29.1 Å². The fraction of sp³-hybridized carbons (Fsp3) is 0.227. The number of pyridine rings is 1. The van der Waals surface area contributed by atoms with Gasteiger partial charge in [-0.25, -0.2) is 10.4 Å². The number of aromatic nitrogens is 5. The second kappa shape index (κ2) is 9.11. The van der Waals surface area contributed by atoms with E-state index in [-0.39, 0.29) is 17.4 Å². The van der Waals surface area contributed by atoms with Crippen molar-refractivity contribution in [3.63, 3.8) is 0 Å². The van der Waals surface area contributed by atoms with Crippen LogP contribution in [-0.2, 0) is 4.74 Å². The molecule has 5 rings (SSSR count). The van der Waals surface area contributed by atoms with E-state index in [0.717, 1.165) is 16.8 Å². The molecule has 0 saturated carbocycles. The zero-order valence-electron chi connectivity index (χ0n) is 17.8. The minimum Gasteiger partial charge on any atom is -0.394 e.